The summed E-state index contributed by atoms with van der Waals surface area (Å²) in [6.07, 6.45) is 1.45. The largest absolute Gasteiger partial charge is 0.493 e. The molecular formula is C23H18N2O4. The number of fused-ring (bicyclic) bond motifs is 1. The van der Waals surface area contributed by atoms with Crippen LogP contribution in [0.3, 0.4) is 0 Å². The van der Waals surface area contributed by atoms with Gasteiger partial charge in [-0.1, -0.05) is 42.5 Å². The van der Waals surface area contributed by atoms with E-state index in [1.54, 1.807) is 49.6 Å². The van der Waals surface area contributed by atoms with E-state index in [0.29, 0.717) is 34.8 Å². The van der Waals surface area contributed by atoms with Gasteiger partial charge in [0.1, 0.15) is 6.61 Å². The maximum absolute atomic E-state index is 12.4. The molecule has 3 aromatic rings. The smallest absolute Gasteiger partial charge is 0.282 e. The topological polar surface area (TPSA) is 68.2 Å². The van der Waals surface area contributed by atoms with E-state index in [0.717, 1.165) is 10.6 Å². The molecule has 0 atom stereocenters. The molecule has 0 radical (unpaired) electrons. The molecule has 6 heteroatoms. The first kappa shape index (κ1) is 18.4. The molecule has 4 rings (SSSR count). The summed E-state index contributed by atoms with van der Waals surface area (Å²) in [7, 11) is 1.57. The van der Waals surface area contributed by atoms with Gasteiger partial charge < -0.3 is 9.47 Å². The third-order valence-electron chi connectivity index (χ3n) is 4.52. The van der Waals surface area contributed by atoms with Gasteiger partial charge in [-0.25, -0.2) is 0 Å². The van der Waals surface area contributed by atoms with Gasteiger partial charge in [0, 0.05) is 0 Å². The van der Waals surface area contributed by atoms with Crippen molar-refractivity contribution in [3.63, 3.8) is 0 Å². The number of hydrogen-bond donors (Lipinski definition) is 0. The summed E-state index contributed by atoms with van der Waals surface area (Å²) in [5.74, 6) is 0.258. The molecule has 0 spiro atoms. The predicted molar refractivity (Wildman–Crippen MR) is 108 cm³/mol. The van der Waals surface area contributed by atoms with Gasteiger partial charge in [-0.2, -0.15) is 10.1 Å². The lowest BCUT2D eigenvalue weighted by molar-refractivity contribution is 0.0660. The summed E-state index contributed by atoms with van der Waals surface area (Å²) in [5.41, 5.74) is 2.41. The fraction of sp³-hybridized carbons (Fsp3) is 0.0870. The molecule has 29 heavy (non-hydrogen) atoms. The number of imide groups is 1. The number of ether oxygens (including phenoxy) is 2. The molecule has 1 aliphatic heterocycles. The van der Waals surface area contributed by atoms with Crippen LogP contribution in [-0.2, 0) is 6.61 Å². The average Bonchev–Trinajstić information content (AvgIpc) is 3.01. The average molecular weight is 386 g/mol. The number of amides is 2. The van der Waals surface area contributed by atoms with Crippen LogP contribution in [0, 0.1) is 0 Å². The van der Waals surface area contributed by atoms with E-state index in [1.165, 1.54) is 6.21 Å². The lowest BCUT2D eigenvalue weighted by atomic mass is 10.1. The normalized spacial score (nSPS) is 13.1. The van der Waals surface area contributed by atoms with Crippen molar-refractivity contribution in [2.24, 2.45) is 5.10 Å². The standard InChI is InChI=1S/C23H18N2O4/c1-28-20-12-11-17(13-21(20)29-15-16-7-3-2-4-8-16)14-24-25-22(26)18-9-5-6-10-19(18)23(25)27/h2-14H,15H2,1H3/b24-14-. The second-order valence-electron chi connectivity index (χ2n) is 6.40. The molecule has 0 fully saturated rings. The zero-order valence-corrected chi connectivity index (χ0v) is 15.7. The second-order valence-corrected chi connectivity index (χ2v) is 6.40. The number of nitrogens with zero attached hydrogens (tertiary/aromatic N) is 2. The molecular weight excluding hydrogens is 368 g/mol. The van der Waals surface area contributed by atoms with E-state index in [1.807, 2.05) is 30.3 Å². The molecule has 0 saturated heterocycles. The van der Waals surface area contributed by atoms with Gasteiger partial charge in [-0.15, -0.1) is 0 Å². The molecule has 0 aliphatic carbocycles. The summed E-state index contributed by atoms with van der Waals surface area (Å²) in [5, 5.41) is 4.97. The van der Waals surface area contributed by atoms with Crippen LogP contribution in [0.2, 0.25) is 0 Å². The Labute approximate surface area is 168 Å². The number of carbonyl (C=O) groups is 2. The number of hydrazone groups is 1. The lowest BCUT2D eigenvalue weighted by Crippen LogP contribution is -2.23. The fourth-order valence-electron chi connectivity index (χ4n) is 3.03. The van der Waals surface area contributed by atoms with Crippen LogP contribution in [-0.4, -0.2) is 30.1 Å². The Hall–Kier alpha value is -3.93. The minimum Gasteiger partial charge on any atom is -0.493 e. The van der Waals surface area contributed by atoms with Gasteiger partial charge >= 0.3 is 0 Å². The number of carbonyl (C=O) groups excluding carboxylic acids is 2. The molecule has 2 amide bonds. The lowest BCUT2D eigenvalue weighted by Gasteiger charge is -2.12. The van der Waals surface area contributed by atoms with E-state index in [2.05, 4.69) is 5.10 Å². The van der Waals surface area contributed by atoms with Crippen molar-refractivity contribution in [3.05, 3.63) is 95.1 Å². The summed E-state index contributed by atoms with van der Waals surface area (Å²) < 4.78 is 11.2. The quantitative estimate of drug-likeness (QED) is 0.476. The van der Waals surface area contributed by atoms with Gasteiger partial charge in [0.15, 0.2) is 11.5 Å². The zero-order valence-electron chi connectivity index (χ0n) is 15.7. The summed E-state index contributed by atoms with van der Waals surface area (Å²) in [6, 6.07) is 21.7. The van der Waals surface area contributed by atoms with Gasteiger partial charge in [-0.05, 0) is 41.5 Å². The predicted octanol–water partition coefficient (Wildman–Crippen LogP) is 3.90. The van der Waals surface area contributed by atoms with Crippen molar-refractivity contribution in [1.82, 2.24) is 5.01 Å². The monoisotopic (exact) mass is 386 g/mol. The zero-order chi connectivity index (χ0) is 20.2. The van der Waals surface area contributed by atoms with E-state index >= 15 is 0 Å². The van der Waals surface area contributed by atoms with Crippen LogP contribution >= 0.6 is 0 Å². The van der Waals surface area contributed by atoms with E-state index in [4.69, 9.17) is 9.47 Å². The van der Waals surface area contributed by atoms with Gasteiger partial charge in [-0.3, -0.25) is 9.59 Å². The highest BCUT2D eigenvalue weighted by Crippen LogP contribution is 2.29. The van der Waals surface area contributed by atoms with Gasteiger partial charge in [0.25, 0.3) is 11.8 Å². The first-order valence-corrected chi connectivity index (χ1v) is 9.04. The molecule has 3 aromatic carbocycles. The Morgan fingerprint density at radius 3 is 2.17 bits per heavy atom. The Bertz CT molecular complexity index is 1060. The third kappa shape index (κ3) is 3.73. The van der Waals surface area contributed by atoms with Crippen molar-refractivity contribution in [1.29, 1.82) is 0 Å². The molecule has 144 valence electrons. The third-order valence-corrected chi connectivity index (χ3v) is 4.52. The van der Waals surface area contributed by atoms with Crippen LogP contribution in [0.1, 0.15) is 31.8 Å². The van der Waals surface area contributed by atoms with Crippen LogP contribution in [0.4, 0.5) is 0 Å². The Balaban J connectivity index is 1.53. The van der Waals surface area contributed by atoms with E-state index in [9.17, 15) is 9.59 Å². The van der Waals surface area contributed by atoms with Crippen molar-refractivity contribution >= 4 is 18.0 Å². The van der Waals surface area contributed by atoms with E-state index in [-0.39, 0.29) is 0 Å². The van der Waals surface area contributed by atoms with Crippen molar-refractivity contribution in [3.8, 4) is 11.5 Å². The first-order chi connectivity index (χ1) is 14.2. The highest BCUT2D eigenvalue weighted by molar-refractivity contribution is 6.21. The van der Waals surface area contributed by atoms with Crippen LogP contribution in [0.25, 0.3) is 0 Å². The number of benzene rings is 3. The number of hydrogen-bond acceptors (Lipinski definition) is 5. The minimum atomic E-state index is -0.434. The van der Waals surface area contributed by atoms with Crippen molar-refractivity contribution in [2.75, 3.05) is 7.11 Å². The Morgan fingerprint density at radius 2 is 1.52 bits per heavy atom. The SMILES string of the molecule is COc1ccc(/C=N\N2C(=O)c3ccccc3C2=O)cc1OCc1ccccc1. The Morgan fingerprint density at radius 1 is 0.862 bits per heavy atom. The molecule has 0 aromatic heterocycles. The van der Waals surface area contributed by atoms with Gasteiger partial charge in [0.05, 0.1) is 24.5 Å². The summed E-state index contributed by atoms with van der Waals surface area (Å²) >= 11 is 0. The Kier molecular flexibility index (Phi) is 5.07. The fourth-order valence-corrected chi connectivity index (χ4v) is 3.03. The second kappa shape index (κ2) is 7.98. The molecule has 0 unspecified atom stereocenters. The molecule has 6 nitrogen and oxygen atoms in total. The number of methoxy groups -OCH3 is 1. The highest BCUT2D eigenvalue weighted by Gasteiger charge is 2.35. The maximum Gasteiger partial charge on any atom is 0.282 e. The van der Waals surface area contributed by atoms with Crippen LogP contribution in [0.15, 0.2) is 77.9 Å². The minimum absolute atomic E-state index is 0.358. The van der Waals surface area contributed by atoms with Gasteiger partial charge in [0.2, 0.25) is 0 Å². The molecule has 1 heterocycles. The summed E-state index contributed by atoms with van der Waals surface area (Å²) in [4.78, 5) is 24.8. The highest BCUT2D eigenvalue weighted by atomic mass is 16.5. The van der Waals surface area contributed by atoms with Crippen LogP contribution < -0.4 is 9.47 Å². The molecule has 0 N–H and O–H groups in total. The maximum atomic E-state index is 12.4. The molecule has 0 saturated carbocycles. The number of rotatable bonds is 6. The first-order valence-electron chi connectivity index (χ1n) is 9.04. The van der Waals surface area contributed by atoms with Crippen LogP contribution in [0.5, 0.6) is 11.5 Å². The summed E-state index contributed by atoms with van der Waals surface area (Å²) in [6.45, 7) is 0.385. The molecule has 0 bridgehead atoms. The van der Waals surface area contributed by atoms with Crippen molar-refractivity contribution in [2.45, 2.75) is 6.61 Å². The van der Waals surface area contributed by atoms with E-state index < -0.39 is 11.8 Å². The molecule has 1 aliphatic rings. The van der Waals surface area contributed by atoms with Crippen molar-refractivity contribution < 1.29 is 19.1 Å².